The fraction of sp³-hybridized carbons (Fsp3) is 0.0556. The molecule has 1 aromatic heterocycles. The van der Waals surface area contributed by atoms with Crippen molar-refractivity contribution >= 4 is 28.5 Å². The molecule has 2 aromatic carbocycles. The maximum Gasteiger partial charge on any atom is 0.325 e. The van der Waals surface area contributed by atoms with Crippen LogP contribution in [0, 0.1) is 0 Å². The molecule has 0 radical (unpaired) electrons. The third-order valence-corrected chi connectivity index (χ3v) is 3.58. The summed E-state index contributed by atoms with van der Waals surface area (Å²) in [5.41, 5.74) is 3.22. The number of fused-ring (bicyclic) bond motifs is 1. The summed E-state index contributed by atoms with van der Waals surface area (Å²) in [6.45, 7) is 3.24. The number of amides is 1. The van der Waals surface area contributed by atoms with Crippen molar-refractivity contribution in [1.82, 2.24) is 9.78 Å². The molecule has 1 heterocycles. The van der Waals surface area contributed by atoms with E-state index in [0.717, 1.165) is 22.0 Å². The number of nitrogens with zero attached hydrogens (tertiary/aromatic N) is 2. The topological polar surface area (TPSA) is 84.2 Å². The van der Waals surface area contributed by atoms with Gasteiger partial charge in [-0.05, 0) is 35.4 Å². The van der Waals surface area contributed by atoms with Gasteiger partial charge in [0.2, 0.25) is 5.91 Å². The molecule has 2 N–H and O–H groups in total. The molecule has 1 amide bonds. The number of anilines is 1. The molecule has 24 heavy (non-hydrogen) atoms. The van der Waals surface area contributed by atoms with Crippen molar-refractivity contribution < 1.29 is 14.7 Å². The standard InChI is InChI=1S/C18H15N3O3/c1-2-17(22)20-15-5-3-4-12(8-15)13-6-7-14-10-19-21(11-18(23)24)16(14)9-13/h2-10H,1,11H2,(H,20,22)(H,23,24). The number of aliphatic carboxylic acids is 1. The van der Waals surface area contributed by atoms with E-state index in [-0.39, 0.29) is 12.5 Å². The van der Waals surface area contributed by atoms with E-state index in [9.17, 15) is 9.59 Å². The normalized spacial score (nSPS) is 10.5. The number of nitrogens with one attached hydrogen (secondary N) is 1. The number of carbonyl (C=O) groups excluding carboxylic acids is 1. The van der Waals surface area contributed by atoms with Gasteiger partial charge in [0.15, 0.2) is 0 Å². The van der Waals surface area contributed by atoms with E-state index < -0.39 is 5.97 Å². The molecule has 0 bridgehead atoms. The van der Waals surface area contributed by atoms with Crippen molar-refractivity contribution in [3.05, 3.63) is 61.3 Å². The molecule has 3 rings (SSSR count). The SMILES string of the molecule is C=CC(=O)Nc1cccc(-c2ccc3cnn(CC(=O)O)c3c2)c1. The third-order valence-electron chi connectivity index (χ3n) is 3.58. The van der Waals surface area contributed by atoms with Gasteiger partial charge in [-0.1, -0.05) is 30.8 Å². The second kappa shape index (κ2) is 6.37. The van der Waals surface area contributed by atoms with Gasteiger partial charge in [0, 0.05) is 11.1 Å². The van der Waals surface area contributed by atoms with Crippen molar-refractivity contribution in [2.24, 2.45) is 0 Å². The molecule has 0 saturated heterocycles. The first-order valence-corrected chi connectivity index (χ1v) is 7.28. The van der Waals surface area contributed by atoms with Crippen LogP contribution in [0.25, 0.3) is 22.0 Å². The molecule has 120 valence electrons. The number of carboxylic acids is 1. The van der Waals surface area contributed by atoms with Gasteiger partial charge in [0.1, 0.15) is 6.54 Å². The Balaban J connectivity index is 1.99. The minimum absolute atomic E-state index is 0.192. The second-order valence-electron chi connectivity index (χ2n) is 5.24. The van der Waals surface area contributed by atoms with Crippen molar-refractivity contribution in [3.8, 4) is 11.1 Å². The zero-order valence-electron chi connectivity index (χ0n) is 12.8. The van der Waals surface area contributed by atoms with E-state index in [2.05, 4.69) is 17.0 Å². The number of hydrogen-bond acceptors (Lipinski definition) is 3. The van der Waals surface area contributed by atoms with Crippen molar-refractivity contribution in [3.63, 3.8) is 0 Å². The summed E-state index contributed by atoms with van der Waals surface area (Å²) in [5.74, 6) is -1.22. The monoisotopic (exact) mass is 321 g/mol. The van der Waals surface area contributed by atoms with Crippen LogP contribution >= 0.6 is 0 Å². The van der Waals surface area contributed by atoms with Crippen LogP contribution in [-0.2, 0) is 16.1 Å². The predicted octanol–water partition coefficient (Wildman–Crippen LogP) is 2.91. The fourth-order valence-electron chi connectivity index (χ4n) is 2.47. The smallest absolute Gasteiger partial charge is 0.325 e. The highest BCUT2D eigenvalue weighted by Gasteiger charge is 2.08. The van der Waals surface area contributed by atoms with Gasteiger partial charge in [-0.2, -0.15) is 5.10 Å². The van der Waals surface area contributed by atoms with E-state index in [1.165, 1.54) is 10.8 Å². The number of hydrogen-bond donors (Lipinski definition) is 2. The largest absolute Gasteiger partial charge is 0.480 e. The lowest BCUT2D eigenvalue weighted by Gasteiger charge is -2.07. The Bertz CT molecular complexity index is 944. The van der Waals surface area contributed by atoms with Crippen molar-refractivity contribution in [2.75, 3.05) is 5.32 Å². The highest BCUT2D eigenvalue weighted by molar-refractivity contribution is 5.99. The summed E-state index contributed by atoms with van der Waals surface area (Å²) < 4.78 is 1.45. The molecule has 0 spiro atoms. The lowest BCUT2D eigenvalue weighted by molar-refractivity contribution is -0.137. The average molecular weight is 321 g/mol. The number of benzene rings is 2. The number of aromatic nitrogens is 2. The van der Waals surface area contributed by atoms with Crippen LogP contribution in [0.1, 0.15) is 0 Å². The molecular formula is C18H15N3O3. The third kappa shape index (κ3) is 3.17. The maximum absolute atomic E-state index is 11.4. The molecule has 0 saturated carbocycles. The summed E-state index contributed by atoms with van der Waals surface area (Å²) in [4.78, 5) is 22.4. The molecule has 0 fully saturated rings. The van der Waals surface area contributed by atoms with Gasteiger partial charge in [-0.25, -0.2) is 0 Å². The van der Waals surface area contributed by atoms with E-state index >= 15 is 0 Å². The quantitative estimate of drug-likeness (QED) is 0.708. The lowest BCUT2D eigenvalue weighted by Crippen LogP contribution is -2.09. The van der Waals surface area contributed by atoms with E-state index in [4.69, 9.17) is 5.11 Å². The molecule has 6 nitrogen and oxygen atoms in total. The Hall–Kier alpha value is -3.41. The zero-order chi connectivity index (χ0) is 17.1. The highest BCUT2D eigenvalue weighted by atomic mass is 16.4. The van der Waals surface area contributed by atoms with Crippen LogP contribution in [0.15, 0.2) is 61.3 Å². The molecule has 0 unspecified atom stereocenters. The molecule has 0 aliphatic carbocycles. The van der Waals surface area contributed by atoms with Crippen molar-refractivity contribution in [2.45, 2.75) is 6.54 Å². The first kappa shape index (κ1) is 15.5. The predicted molar refractivity (Wildman–Crippen MR) is 91.6 cm³/mol. The van der Waals surface area contributed by atoms with Gasteiger partial charge in [0.05, 0.1) is 11.7 Å². The first-order chi connectivity index (χ1) is 11.6. The highest BCUT2D eigenvalue weighted by Crippen LogP contribution is 2.26. The summed E-state index contributed by atoms with van der Waals surface area (Å²) >= 11 is 0. The molecule has 0 aliphatic heterocycles. The molecule has 0 aliphatic rings. The zero-order valence-corrected chi connectivity index (χ0v) is 12.8. The van der Waals surface area contributed by atoms with Gasteiger partial charge >= 0.3 is 5.97 Å². The van der Waals surface area contributed by atoms with Crippen LogP contribution < -0.4 is 5.32 Å². The Morgan fingerprint density at radius 2 is 2.00 bits per heavy atom. The number of carboxylic acid groups (broad SMARTS) is 1. The summed E-state index contributed by atoms with van der Waals surface area (Å²) in [6.07, 6.45) is 2.85. The molecule has 6 heteroatoms. The van der Waals surface area contributed by atoms with Crippen LogP contribution in [0.5, 0.6) is 0 Å². The van der Waals surface area contributed by atoms with Gasteiger partial charge in [-0.3, -0.25) is 14.3 Å². The Kier molecular flexibility index (Phi) is 4.11. The van der Waals surface area contributed by atoms with E-state index in [1.807, 2.05) is 36.4 Å². The van der Waals surface area contributed by atoms with Crippen molar-refractivity contribution in [1.29, 1.82) is 0 Å². The van der Waals surface area contributed by atoms with Crippen LogP contribution in [-0.4, -0.2) is 26.8 Å². The summed E-state index contributed by atoms with van der Waals surface area (Å²) in [7, 11) is 0. The van der Waals surface area contributed by atoms with Crippen LogP contribution in [0.4, 0.5) is 5.69 Å². The minimum atomic E-state index is -0.945. The minimum Gasteiger partial charge on any atom is -0.480 e. The van der Waals surface area contributed by atoms with E-state index in [0.29, 0.717) is 5.69 Å². The Morgan fingerprint density at radius 1 is 1.21 bits per heavy atom. The number of carbonyl (C=O) groups is 2. The lowest BCUT2D eigenvalue weighted by atomic mass is 10.0. The number of rotatable bonds is 5. The molecule has 0 atom stereocenters. The summed E-state index contributed by atoms with van der Waals surface area (Å²) in [6, 6.07) is 13.1. The Morgan fingerprint density at radius 3 is 2.75 bits per heavy atom. The Labute approximate surface area is 138 Å². The second-order valence-corrected chi connectivity index (χ2v) is 5.24. The van der Waals surface area contributed by atoms with Gasteiger partial charge in [-0.15, -0.1) is 0 Å². The first-order valence-electron chi connectivity index (χ1n) is 7.28. The maximum atomic E-state index is 11.4. The van der Waals surface area contributed by atoms with Gasteiger partial charge < -0.3 is 10.4 Å². The van der Waals surface area contributed by atoms with Gasteiger partial charge in [0.25, 0.3) is 0 Å². The summed E-state index contributed by atoms with van der Waals surface area (Å²) in [5, 5.41) is 16.7. The van der Waals surface area contributed by atoms with E-state index in [1.54, 1.807) is 12.3 Å². The fourth-order valence-corrected chi connectivity index (χ4v) is 2.47. The van der Waals surface area contributed by atoms with Crippen LogP contribution in [0.2, 0.25) is 0 Å². The molecule has 3 aromatic rings. The molecular weight excluding hydrogens is 306 g/mol. The van der Waals surface area contributed by atoms with Crippen LogP contribution in [0.3, 0.4) is 0 Å². The average Bonchev–Trinajstić information content (AvgIpc) is 2.96.